The van der Waals surface area contributed by atoms with E-state index in [0.29, 0.717) is 55.6 Å². The Kier molecular flexibility index (Phi) is 6.92. The van der Waals surface area contributed by atoms with Crippen LogP contribution in [0.5, 0.6) is 0 Å². The number of furan rings is 1. The number of hydrogen-bond acceptors (Lipinski definition) is 8. The summed E-state index contributed by atoms with van der Waals surface area (Å²) in [4.78, 5) is 35.7. The minimum absolute atomic E-state index is 0.283. The van der Waals surface area contributed by atoms with E-state index in [9.17, 15) is 14.9 Å². The van der Waals surface area contributed by atoms with E-state index in [0.717, 1.165) is 11.3 Å². The number of amides is 1. The molecular weight excluding hydrogens is 436 g/mol. The first-order valence-electron chi connectivity index (χ1n) is 11.1. The Balaban J connectivity index is 1.34. The first kappa shape index (κ1) is 23.0. The van der Waals surface area contributed by atoms with E-state index in [4.69, 9.17) is 9.15 Å². The summed E-state index contributed by atoms with van der Waals surface area (Å²) in [6, 6.07) is 7.52. The number of anilines is 2. The molecule has 0 aliphatic carbocycles. The van der Waals surface area contributed by atoms with Gasteiger partial charge in [0.25, 0.3) is 5.91 Å². The van der Waals surface area contributed by atoms with Gasteiger partial charge in [-0.25, -0.2) is 9.97 Å². The molecule has 3 aromatic heterocycles. The second-order valence-corrected chi connectivity index (χ2v) is 8.18. The number of rotatable bonds is 7. The zero-order valence-electron chi connectivity index (χ0n) is 19.2. The number of carbonyl (C=O) groups excluding carboxylic acids is 2. The Morgan fingerprint density at radius 3 is 2.62 bits per heavy atom. The maximum absolute atomic E-state index is 12.6. The van der Waals surface area contributed by atoms with Crippen molar-refractivity contribution in [2.45, 2.75) is 33.2 Å². The zero-order valence-corrected chi connectivity index (χ0v) is 19.2. The maximum atomic E-state index is 12.6. The molecule has 176 valence electrons. The second kappa shape index (κ2) is 10.2. The summed E-state index contributed by atoms with van der Waals surface area (Å²) in [6.07, 6.45) is 6.14. The number of piperidine rings is 1. The van der Waals surface area contributed by atoms with Gasteiger partial charge in [-0.1, -0.05) is 0 Å². The van der Waals surface area contributed by atoms with Crippen LogP contribution in [-0.4, -0.2) is 46.1 Å². The predicted octanol–water partition coefficient (Wildman–Crippen LogP) is 2.81. The van der Waals surface area contributed by atoms with Crippen molar-refractivity contribution in [2.24, 2.45) is 5.92 Å². The van der Waals surface area contributed by atoms with Crippen LogP contribution in [0.3, 0.4) is 0 Å². The second-order valence-electron chi connectivity index (χ2n) is 8.18. The van der Waals surface area contributed by atoms with Crippen molar-refractivity contribution in [3.05, 3.63) is 59.4 Å². The van der Waals surface area contributed by atoms with Crippen LogP contribution in [0.25, 0.3) is 0 Å². The van der Waals surface area contributed by atoms with Crippen LogP contribution in [0.1, 0.15) is 35.4 Å². The molecule has 0 unspecified atom stereocenters. The van der Waals surface area contributed by atoms with Gasteiger partial charge in [0.2, 0.25) is 5.95 Å². The summed E-state index contributed by atoms with van der Waals surface area (Å²) in [7, 11) is 0. The Bertz CT molecular complexity index is 1190. The van der Waals surface area contributed by atoms with Gasteiger partial charge in [-0.05, 0) is 50.5 Å². The molecule has 1 N–H and O–H groups in total. The van der Waals surface area contributed by atoms with Crippen molar-refractivity contribution in [3.8, 4) is 6.07 Å². The number of aromatic nitrogens is 3. The topological polar surface area (TPSA) is 126 Å². The Morgan fingerprint density at radius 1 is 1.24 bits per heavy atom. The highest BCUT2D eigenvalue weighted by Gasteiger charge is 2.28. The lowest BCUT2D eigenvalue weighted by atomic mass is 9.97. The maximum Gasteiger partial charge on any atom is 0.309 e. The average molecular weight is 463 g/mol. The van der Waals surface area contributed by atoms with Crippen LogP contribution in [0.15, 0.2) is 41.3 Å². The number of carbonyl (C=O) groups is 2. The van der Waals surface area contributed by atoms with Gasteiger partial charge >= 0.3 is 5.97 Å². The lowest BCUT2D eigenvalue weighted by Gasteiger charge is -2.30. The van der Waals surface area contributed by atoms with E-state index in [1.165, 1.54) is 0 Å². The van der Waals surface area contributed by atoms with Crippen molar-refractivity contribution in [1.29, 1.82) is 5.26 Å². The van der Waals surface area contributed by atoms with Gasteiger partial charge in [-0.3, -0.25) is 9.59 Å². The summed E-state index contributed by atoms with van der Waals surface area (Å²) in [5.74, 6) is 0.517. The van der Waals surface area contributed by atoms with Crippen LogP contribution in [0.2, 0.25) is 0 Å². The molecule has 0 aromatic carbocycles. The lowest BCUT2D eigenvalue weighted by Crippen LogP contribution is -2.38. The lowest BCUT2D eigenvalue weighted by molar-refractivity contribution is -0.152. The molecule has 1 amide bonds. The summed E-state index contributed by atoms with van der Waals surface area (Å²) in [6.45, 7) is 4.92. The monoisotopic (exact) mass is 462 g/mol. The summed E-state index contributed by atoms with van der Waals surface area (Å²) in [5, 5.41) is 12.4. The van der Waals surface area contributed by atoms with E-state index in [-0.39, 0.29) is 5.92 Å². The standard InChI is InChI=1S/C24H26N6O4/c1-16-17(2)30(14-19-5-3-12-33-19)22(20(16)13-25)28-21(31)15-34-23(32)18-6-10-29(11-7-18)24-26-8-4-9-27-24/h3-5,8-9,12,18H,6-7,10-11,14-15H2,1-2H3,(H,28,31). The highest BCUT2D eigenvalue weighted by atomic mass is 16.5. The molecule has 34 heavy (non-hydrogen) atoms. The Labute approximate surface area is 197 Å². The fourth-order valence-corrected chi connectivity index (χ4v) is 4.08. The fourth-order valence-electron chi connectivity index (χ4n) is 4.08. The predicted molar refractivity (Wildman–Crippen MR) is 123 cm³/mol. The number of esters is 1. The summed E-state index contributed by atoms with van der Waals surface area (Å²) >= 11 is 0. The molecule has 10 heteroatoms. The van der Waals surface area contributed by atoms with E-state index < -0.39 is 18.5 Å². The molecule has 0 bridgehead atoms. The number of nitriles is 1. The molecule has 0 radical (unpaired) electrons. The minimum atomic E-state index is -0.502. The van der Waals surface area contributed by atoms with Gasteiger partial charge < -0.3 is 23.9 Å². The number of ether oxygens (including phenoxy) is 1. The molecule has 0 spiro atoms. The van der Waals surface area contributed by atoms with Crippen molar-refractivity contribution in [2.75, 3.05) is 29.9 Å². The van der Waals surface area contributed by atoms with E-state index >= 15 is 0 Å². The molecule has 4 heterocycles. The van der Waals surface area contributed by atoms with E-state index in [1.807, 2.05) is 29.4 Å². The van der Waals surface area contributed by atoms with Crippen molar-refractivity contribution >= 4 is 23.6 Å². The number of hydrogen-bond donors (Lipinski definition) is 1. The van der Waals surface area contributed by atoms with Gasteiger partial charge in [0.05, 0.1) is 24.3 Å². The fraction of sp³-hybridized carbons (Fsp3) is 0.375. The minimum Gasteiger partial charge on any atom is -0.467 e. The molecule has 1 fully saturated rings. The molecule has 0 saturated carbocycles. The third kappa shape index (κ3) is 4.93. The molecule has 3 aromatic rings. The highest BCUT2D eigenvalue weighted by molar-refractivity contribution is 5.94. The van der Waals surface area contributed by atoms with Crippen LogP contribution in [0.4, 0.5) is 11.8 Å². The highest BCUT2D eigenvalue weighted by Crippen LogP contribution is 2.27. The van der Waals surface area contributed by atoms with Crippen LogP contribution in [0, 0.1) is 31.1 Å². The van der Waals surface area contributed by atoms with Gasteiger partial charge in [-0.15, -0.1) is 0 Å². The van der Waals surface area contributed by atoms with E-state index in [1.54, 1.807) is 30.8 Å². The SMILES string of the molecule is Cc1c(C#N)c(NC(=O)COC(=O)C2CCN(c3ncccn3)CC2)n(Cc2ccco2)c1C. The van der Waals surface area contributed by atoms with Crippen molar-refractivity contribution < 1.29 is 18.7 Å². The average Bonchev–Trinajstić information content (AvgIpc) is 3.46. The summed E-state index contributed by atoms with van der Waals surface area (Å²) < 4.78 is 12.5. The summed E-state index contributed by atoms with van der Waals surface area (Å²) in [5.41, 5.74) is 1.99. The number of nitrogens with zero attached hydrogens (tertiary/aromatic N) is 5. The zero-order chi connectivity index (χ0) is 24.1. The molecule has 1 aliphatic rings. The molecule has 1 aliphatic heterocycles. The van der Waals surface area contributed by atoms with Crippen molar-refractivity contribution in [3.63, 3.8) is 0 Å². The van der Waals surface area contributed by atoms with Crippen LogP contribution in [-0.2, 0) is 20.9 Å². The van der Waals surface area contributed by atoms with Gasteiger partial charge in [-0.2, -0.15) is 5.26 Å². The van der Waals surface area contributed by atoms with Crippen LogP contribution < -0.4 is 10.2 Å². The third-order valence-electron chi connectivity index (χ3n) is 6.10. The Hall–Kier alpha value is -4.13. The van der Waals surface area contributed by atoms with E-state index in [2.05, 4.69) is 21.4 Å². The third-order valence-corrected chi connectivity index (χ3v) is 6.10. The largest absolute Gasteiger partial charge is 0.467 e. The molecular formula is C24H26N6O4. The number of nitrogens with one attached hydrogen (secondary N) is 1. The Morgan fingerprint density at radius 2 is 1.97 bits per heavy atom. The molecule has 4 rings (SSSR count). The molecule has 10 nitrogen and oxygen atoms in total. The molecule has 1 saturated heterocycles. The van der Waals surface area contributed by atoms with Crippen molar-refractivity contribution in [1.82, 2.24) is 14.5 Å². The van der Waals surface area contributed by atoms with Gasteiger partial charge in [0.15, 0.2) is 6.61 Å². The first-order valence-corrected chi connectivity index (χ1v) is 11.1. The smallest absolute Gasteiger partial charge is 0.309 e. The van der Waals surface area contributed by atoms with Gasteiger partial charge in [0.1, 0.15) is 17.6 Å². The normalized spacial score (nSPS) is 14.0. The first-order chi connectivity index (χ1) is 16.5. The quantitative estimate of drug-likeness (QED) is 0.531. The molecule has 0 atom stereocenters. The van der Waals surface area contributed by atoms with Gasteiger partial charge in [0, 0.05) is 31.2 Å². The van der Waals surface area contributed by atoms with Crippen LogP contribution >= 0.6 is 0 Å².